The molecular weight excluding hydrogens is 371 g/mol. The first-order chi connectivity index (χ1) is 14.0. The topological polar surface area (TPSA) is 71.5 Å². The van der Waals surface area contributed by atoms with Crippen molar-refractivity contribution in [3.63, 3.8) is 0 Å². The lowest BCUT2D eigenvalue weighted by Crippen LogP contribution is -2.23. The van der Waals surface area contributed by atoms with Crippen molar-refractivity contribution in [3.05, 3.63) is 89.7 Å². The summed E-state index contributed by atoms with van der Waals surface area (Å²) in [7, 11) is 0. The Morgan fingerprint density at radius 2 is 2.14 bits per heavy atom. The van der Waals surface area contributed by atoms with Crippen LogP contribution in [0, 0.1) is 11.7 Å². The standard InChI is InChI=1S/C23H23FN2O3/c1-3-19-17(13-26-21-14-25-10-8-20(21)23(27)28)9-11-29-22(19)12-15(2)16-4-6-18(24)7-5-16/h3-8,10,12,14,17,26H,1,9,11,13H2,2H3,(H,27,28)/b15-12+. The van der Waals surface area contributed by atoms with Gasteiger partial charge in [-0.3, -0.25) is 4.98 Å². The van der Waals surface area contributed by atoms with Crippen LogP contribution in [0.25, 0.3) is 5.57 Å². The lowest BCUT2D eigenvalue weighted by atomic mass is 9.91. The minimum atomic E-state index is -1.00. The van der Waals surface area contributed by atoms with E-state index < -0.39 is 5.97 Å². The maximum Gasteiger partial charge on any atom is 0.337 e. The van der Waals surface area contributed by atoms with E-state index in [2.05, 4.69) is 16.9 Å². The smallest absolute Gasteiger partial charge is 0.337 e. The molecule has 0 spiro atoms. The van der Waals surface area contributed by atoms with Gasteiger partial charge in [-0.05, 0) is 54.3 Å². The van der Waals surface area contributed by atoms with Gasteiger partial charge < -0.3 is 15.2 Å². The Morgan fingerprint density at radius 3 is 2.83 bits per heavy atom. The van der Waals surface area contributed by atoms with E-state index >= 15 is 0 Å². The third kappa shape index (κ3) is 4.90. The minimum absolute atomic E-state index is 0.107. The van der Waals surface area contributed by atoms with Crippen molar-refractivity contribution in [2.24, 2.45) is 5.92 Å². The molecule has 0 aliphatic carbocycles. The van der Waals surface area contributed by atoms with E-state index in [4.69, 9.17) is 4.74 Å². The van der Waals surface area contributed by atoms with Crippen molar-refractivity contribution >= 4 is 17.2 Å². The quantitative estimate of drug-likeness (QED) is 0.698. The molecule has 0 saturated carbocycles. The fraction of sp³-hybridized carbons (Fsp3) is 0.217. The largest absolute Gasteiger partial charge is 0.493 e. The lowest BCUT2D eigenvalue weighted by Gasteiger charge is -2.27. The fourth-order valence-electron chi connectivity index (χ4n) is 3.30. The molecule has 1 aromatic heterocycles. The first-order valence-corrected chi connectivity index (χ1v) is 9.34. The van der Waals surface area contributed by atoms with Gasteiger partial charge in [0.1, 0.15) is 11.6 Å². The number of aromatic carboxylic acids is 1. The molecule has 1 aromatic carbocycles. The fourth-order valence-corrected chi connectivity index (χ4v) is 3.30. The van der Waals surface area contributed by atoms with Gasteiger partial charge in [-0.2, -0.15) is 0 Å². The Hall–Kier alpha value is -3.41. The van der Waals surface area contributed by atoms with Crippen LogP contribution in [-0.2, 0) is 4.74 Å². The van der Waals surface area contributed by atoms with Crippen LogP contribution >= 0.6 is 0 Å². The molecule has 2 heterocycles. The number of nitrogens with one attached hydrogen (secondary N) is 1. The van der Waals surface area contributed by atoms with Crippen LogP contribution < -0.4 is 5.32 Å². The van der Waals surface area contributed by atoms with Gasteiger partial charge >= 0.3 is 5.97 Å². The molecule has 1 atom stereocenters. The molecule has 0 bridgehead atoms. The number of nitrogens with zero attached hydrogens (tertiary/aromatic N) is 1. The molecule has 1 aliphatic rings. The molecule has 0 saturated heterocycles. The van der Waals surface area contributed by atoms with Crippen LogP contribution in [-0.4, -0.2) is 29.2 Å². The number of benzene rings is 1. The number of hydrogen-bond donors (Lipinski definition) is 2. The number of rotatable bonds is 7. The Morgan fingerprint density at radius 1 is 1.38 bits per heavy atom. The Bertz CT molecular complexity index is 964. The van der Waals surface area contributed by atoms with Gasteiger partial charge in [-0.15, -0.1) is 0 Å². The zero-order valence-corrected chi connectivity index (χ0v) is 16.2. The summed E-state index contributed by atoms with van der Waals surface area (Å²) < 4.78 is 19.0. The first kappa shape index (κ1) is 20.3. The summed E-state index contributed by atoms with van der Waals surface area (Å²) in [4.78, 5) is 15.4. The molecule has 150 valence electrons. The van der Waals surface area contributed by atoms with E-state index in [1.807, 2.05) is 13.0 Å². The van der Waals surface area contributed by atoms with Crippen molar-refractivity contribution in [3.8, 4) is 0 Å². The van der Waals surface area contributed by atoms with Gasteiger partial charge in [0, 0.05) is 18.7 Å². The number of ether oxygens (including phenoxy) is 1. The molecule has 3 rings (SSSR count). The van der Waals surface area contributed by atoms with Crippen LogP contribution in [0.3, 0.4) is 0 Å². The second-order valence-electron chi connectivity index (χ2n) is 6.80. The molecule has 0 amide bonds. The van der Waals surface area contributed by atoms with Gasteiger partial charge in [0.15, 0.2) is 0 Å². The van der Waals surface area contributed by atoms with E-state index in [0.29, 0.717) is 18.8 Å². The zero-order valence-electron chi connectivity index (χ0n) is 16.2. The molecule has 0 fully saturated rings. The average molecular weight is 394 g/mol. The molecule has 6 heteroatoms. The number of pyridine rings is 1. The predicted octanol–water partition coefficient (Wildman–Crippen LogP) is 4.91. The second kappa shape index (κ2) is 9.19. The maximum absolute atomic E-state index is 13.2. The molecule has 1 aliphatic heterocycles. The first-order valence-electron chi connectivity index (χ1n) is 9.34. The van der Waals surface area contributed by atoms with Crippen molar-refractivity contribution in [2.45, 2.75) is 13.3 Å². The summed E-state index contributed by atoms with van der Waals surface area (Å²) in [6, 6.07) is 7.79. The monoisotopic (exact) mass is 394 g/mol. The van der Waals surface area contributed by atoms with Gasteiger partial charge in [-0.1, -0.05) is 24.8 Å². The maximum atomic E-state index is 13.2. The van der Waals surface area contributed by atoms with Crippen LogP contribution in [0.5, 0.6) is 0 Å². The van der Waals surface area contributed by atoms with Crippen molar-refractivity contribution in [1.29, 1.82) is 0 Å². The van der Waals surface area contributed by atoms with Crippen LogP contribution in [0.4, 0.5) is 10.1 Å². The van der Waals surface area contributed by atoms with Gasteiger partial charge in [0.25, 0.3) is 0 Å². The molecule has 1 unspecified atom stereocenters. The molecule has 0 radical (unpaired) electrons. The molecule has 5 nitrogen and oxygen atoms in total. The number of halogens is 1. The normalized spacial score (nSPS) is 16.9. The van der Waals surface area contributed by atoms with Crippen LogP contribution in [0.2, 0.25) is 0 Å². The highest BCUT2D eigenvalue weighted by Crippen LogP contribution is 2.30. The highest BCUT2D eigenvalue weighted by molar-refractivity contribution is 5.93. The number of aromatic nitrogens is 1. The van der Waals surface area contributed by atoms with Gasteiger partial charge in [-0.25, -0.2) is 9.18 Å². The second-order valence-corrected chi connectivity index (χ2v) is 6.80. The van der Waals surface area contributed by atoms with E-state index in [9.17, 15) is 14.3 Å². The number of anilines is 1. The van der Waals surface area contributed by atoms with Crippen LogP contribution in [0.15, 0.2) is 72.8 Å². The average Bonchev–Trinajstić information content (AvgIpc) is 2.72. The van der Waals surface area contributed by atoms with Gasteiger partial charge in [0.2, 0.25) is 0 Å². The van der Waals surface area contributed by atoms with Crippen molar-refractivity contribution in [1.82, 2.24) is 4.98 Å². The zero-order chi connectivity index (χ0) is 20.8. The summed E-state index contributed by atoms with van der Waals surface area (Å²) in [6.07, 6.45) is 7.46. The Kier molecular flexibility index (Phi) is 6.44. The summed E-state index contributed by atoms with van der Waals surface area (Å²) in [5.74, 6) is -0.441. The summed E-state index contributed by atoms with van der Waals surface area (Å²) >= 11 is 0. The van der Waals surface area contributed by atoms with Gasteiger partial charge in [0.05, 0.1) is 24.1 Å². The molecule has 2 N–H and O–H groups in total. The Labute approximate surface area is 169 Å². The number of carboxylic acid groups (broad SMARTS) is 1. The number of hydrogen-bond acceptors (Lipinski definition) is 4. The third-order valence-electron chi connectivity index (χ3n) is 4.91. The van der Waals surface area contributed by atoms with E-state index in [1.54, 1.807) is 18.2 Å². The Balaban J connectivity index is 1.81. The molecule has 2 aromatic rings. The van der Waals surface area contributed by atoms with Crippen LogP contribution in [0.1, 0.15) is 29.3 Å². The summed E-state index contributed by atoms with van der Waals surface area (Å²) in [5.41, 5.74) is 3.48. The lowest BCUT2D eigenvalue weighted by molar-refractivity contribution is 0.0697. The van der Waals surface area contributed by atoms with E-state index in [1.165, 1.54) is 30.6 Å². The summed E-state index contributed by atoms with van der Waals surface area (Å²) in [5, 5.41) is 12.5. The highest BCUT2D eigenvalue weighted by Gasteiger charge is 2.22. The number of allylic oxidation sites excluding steroid dienone is 3. The third-order valence-corrected chi connectivity index (χ3v) is 4.91. The minimum Gasteiger partial charge on any atom is -0.493 e. The molecule has 29 heavy (non-hydrogen) atoms. The predicted molar refractivity (Wildman–Crippen MR) is 111 cm³/mol. The number of carbonyl (C=O) groups is 1. The van der Waals surface area contributed by atoms with E-state index in [0.717, 1.165) is 28.9 Å². The molecular formula is C23H23FN2O3. The number of carboxylic acids is 1. The van der Waals surface area contributed by atoms with E-state index in [-0.39, 0.29) is 17.3 Å². The summed E-state index contributed by atoms with van der Waals surface area (Å²) in [6.45, 7) is 6.95. The van der Waals surface area contributed by atoms with Crippen molar-refractivity contribution in [2.75, 3.05) is 18.5 Å². The highest BCUT2D eigenvalue weighted by atomic mass is 19.1. The van der Waals surface area contributed by atoms with Crippen molar-refractivity contribution < 1.29 is 19.0 Å². The SMILES string of the molecule is C=CC1=C(/C=C(\C)c2ccc(F)cc2)OCCC1CNc1cnccc1C(=O)O.